The van der Waals surface area contributed by atoms with Crippen LogP contribution in [0.5, 0.6) is 0 Å². The molecule has 0 radical (unpaired) electrons. The van der Waals surface area contributed by atoms with Crippen LogP contribution in [0.1, 0.15) is 13.8 Å². The van der Waals surface area contributed by atoms with E-state index in [2.05, 4.69) is 10.3 Å². The van der Waals surface area contributed by atoms with Gasteiger partial charge in [0.1, 0.15) is 11.6 Å². The first-order chi connectivity index (χ1) is 8.20. The fraction of sp³-hybridized carbons (Fsp3) is 0.250. The van der Waals surface area contributed by atoms with Gasteiger partial charge in [-0.3, -0.25) is 0 Å². The van der Waals surface area contributed by atoms with E-state index < -0.39 is 11.6 Å². The molecule has 0 aliphatic carbocycles. The van der Waals surface area contributed by atoms with Gasteiger partial charge in [0, 0.05) is 24.1 Å². The summed E-state index contributed by atoms with van der Waals surface area (Å²) < 4.78 is 26.0. The van der Waals surface area contributed by atoms with E-state index in [9.17, 15) is 8.78 Å². The van der Waals surface area contributed by atoms with Crippen molar-refractivity contribution in [3.05, 3.63) is 35.2 Å². The van der Waals surface area contributed by atoms with Gasteiger partial charge in [0.2, 0.25) is 0 Å². The van der Waals surface area contributed by atoms with Crippen molar-refractivity contribution in [3.63, 3.8) is 0 Å². The Labute approximate surface area is 103 Å². The molecule has 17 heavy (non-hydrogen) atoms. The molecule has 2 nitrogen and oxygen atoms in total. The standard InChI is InChI=1S/C10H8F2N2S.C2H6/c1-13-10-14-9(5-15-10)7-3-2-6(11)4-8(7)12;1-2/h2-5H,1H3,(H,13,14);1-2H3. The van der Waals surface area contributed by atoms with Crippen molar-refractivity contribution >= 4 is 16.5 Å². The monoisotopic (exact) mass is 256 g/mol. The molecule has 2 rings (SSSR count). The zero-order valence-corrected chi connectivity index (χ0v) is 10.7. The van der Waals surface area contributed by atoms with Crippen molar-refractivity contribution in [2.45, 2.75) is 13.8 Å². The summed E-state index contributed by atoms with van der Waals surface area (Å²) in [7, 11) is 1.74. The van der Waals surface area contributed by atoms with Gasteiger partial charge in [0.05, 0.1) is 5.69 Å². The SMILES string of the molecule is CC.CNc1nc(-c2ccc(F)cc2F)cs1. The molecular weight excluding hydrogens is 242 g/mol. The first kappa shape index (κ1) is 13.6. The van der Waals surface area contributed by atoms with Crippen LogP contribution in [0, 0.1) is 11.6 Å². The first-order valence-corrected chi connectivity index (χ1v) is 6.17. The molecule has 0 amide bonds. The van der Waals surface area contributed by atoms with Gasteiger partial charge in [0.25, 0.3) is 0 Å². The van der Waals surface area contributed by atoms with E-state index in [0.29, 0.717) is 16.4 Å². The predicted octanol–water partition coefficient (Wildman–Crippen LogP) is 4.16. The Bertz CT molecular complexity index is 483. The average molecular weight is 256 g/mol. The smallest absolute Gasteiger partial charge is 0.182 e. The van der Waals surface area contributed by atoms with Crippen molar-refractivity contribution in [2.75, 3.05) is 12.4 Å². The normalized spacial score (nSPS) is 9.47. The minimum atomic E-state index is -0.594. The lowest BCUT2D eigenvalue weighted by atomic mass is 10.1. The first-order valence-electron chi connectivity index (χ1n) is 5.29. The van der Waals surface area contributed by atoms with Gasteiger partial charge < -0.3 is 5.32 Å². The van der Waals surface area contributed by atoms with Gasteiger partial charge in [-0.05, 0) is 12.1 Å². The van der Waals surface area contributed by atoms with Gasteiger partial charge in [-0.1, -0.05) is 13.8 Å². The summed E-state index contributed by atoms with van der Waals surface area (Å²) in [5.74, 6) is -1.18. The van der Waals surface area contributed by atoms with E-state index in [0.717, 1.165) is 6.07 Å². The third-order valence-electron chi connectivity index (χ3n) is 1.93. The van der Waals surface area contributed by atoms with Gasteiger partial charge in [-0.2, -0.15) is 0 Å². The molecular formula is C12H14F2N2S. The zero-order chi connectivity index (χ0) is 12.8. The van der Waals surface area contributed by atoms with Crippen LogP contribution in [-0.4, -0.2) is 12.0 Å². The Balaban J connectivity index is 0.000000686. The molecule has 0 fully saturated rings. The number of anilines is 1. The maximum absolute atomic E-state index is 13.4. The molecule has 1 N–H and O–H groups in total. The third kappa shape index (κ3) is 3.23. The quantitative estimate of drug-likeness (QED) is 0.872. The van der Waals surface area contributed by atoms with Gasteiger partial charge in [-0.15, -0.1) is 11.3 Å². The van der Waals surface area contributed by atoms with Crippen LogP contribution in [0.25, 0.3) is 11.3 Å². The number of aromatic nitrogens is 1. The lowest BCUT2D eigenvalue weighted by Gasteiger charge is -1.98. The third-order valence-corrected chi connectivity index (χ3v) is 2.78. The molecule has 5 heteroatoms. The molecule has 2 aromatic rings. The number of hydrogen-bond acceptors (Lipinski definition) is 3. The maximum Gasteiger partial charge on any atom is 0.182 e. The molecule has 0 saturated heterocycles. The second-order valence-electron chi connectivity index (χ2n) is 2.91. The molecule has 0 atom stereocenters. The Kier molecular flexibility index (Phi) is 5.03. The largest absolute Gasteiger partial charge is 0.365 e. The Morgan fingerprint density at radius 3 is 2.47 bits per heavy atom. The average Bonchev–Trinajstić information content (AvgIpc) is 2.80. The van der Waals surface area contributed by atoms with Crippen molar-refractivity contribution in [3.8, 4) is 11.3 Å². The van der Waals surface area contributed by atoms with Crippen LogP contribution in [0.4, 0.5) is 13.9 Å². The molecule has 0 spiro atoms. The minimum Gasteiger partial charge on any atom is -0.365 e. The number of nitrogens with zero attached hydrogens (tertiary/aromatic N) is 1. The fourth-order valence-corrected chi connectivity index (χ4v) is 1.88. The van der Waals surface area contributed by atoms with Crippen LogP contribution in [-0.2, 0) is 0 Å². The second kappa shape index (κ2) is 6.30. The molecule has 0 aliphatic rings. The molecule has 1 heterocycles. The predicted molar refractivity (Wildman–Crippen MR) is 68.4 cm³/mol. The fourth-order valence-electron chi connectivity index (χ4n) is 1.21. The number of nitrogens with one attached hydrogen (secondary N) is 1. The Hall–Kier alpha value is -1.49. The Morgan fingerprint density at radius 1 is 1.24 bits per heavy atom. The molecule has 1 aromatic heterocycles. The summed E-state index contributed by atoms with van der Waals surface area (Å²) in [4.78, 5) is 4.13. The van der Waals surface area contributed by atoms with Crippen LogP contribution in [0.3, 0.4) is 0 Å². The van der Waals surface area contributed by atoms with Crippen molar-refractivity contribution in [2.24, 2.45) is 0 Å². The summed E-state index contributed by atoms with van der Waals surface area (Å²) in [6, 6.07) is 3.46. The van der Waals surface area contributed by atoms with Crippen molar-refractivity contribution in [1.82, 2.24) is 4.98 Å². The lowest BCUT2D eigenvalue weighted by Crippen LogP contribution is -1.88. The van der Waals surface area contributed by atoms with Crippen LogP contribution >= 0.6 is 11.3 Å². The molecule has 1 aromatic carbocycles. The number of thiazole rings is 1. The lowest BCUT2D eigenvalue weighted by molar-refractivity contribution is 0.585. The molecule has 0 saturated carbocycles. The Morgan fingerprint density at radius 2 is 1.94 bits per heavy atom. The van der Waals surface area contributed by atoms with Crippen molar-refractivity contribution < 1.29 is 8.78 Å². The second-order valence-corrected chi connectivity index (χ2v) is 3.77. The summed E-state index contributed by atoms with van der Waals surface area (Å²) in [5, 5.41) is 5.29. The number of hydrogen-bond donors (Lipinski definition) is 1. The van der Waals surface area contributed by atoms with Crippen LogP contribution < -0.4 is 5.32 Å². The number of benzene rings is 1. The van der Waals surface area contributed by atoms with Crippen LogP contribution in [0.15, 0.2) is 23.6 Å². The van der Waals surface area contributed by atoms with E-state index in [4.69, 9.17) is 0 Å². The zero-order valence-electron chi connectivity index (χ0n) is 9.92. The van der Waals surface area contributed by atoms with E-state index in [-0.39, 0.29) is 0 Å². The van der Waals surface area contributed by atoms with Crippen molar-refractivity contribution in [1.29, 1.82) is 0 Å². The number of halogens is 2. The highest BCUT2D eigenvalue weighted by molar-refractivity contribution is 7.14. The summed E-state index contributed by atoms with van der Waals surface area (Å²) >= 11 is 1.37. The minimum absolute atomic E-state index is 0.314. The highest BCUT2D eigenvalue weighted by Gasteiger charge is 2.09. The number of rotatable bonds is 2. The van der Waals surface area contributed by atoms with E-state index in [1.54, 1.807) is 12.4 Å². The molecule has 92 valence electrons. The van der Waals surface area contributed by atoms with Crippen LogP contribution in [0.2, 0.25) is 0 Å². The van der Waals surface area contributed by atoms with E-state index >= 15 is 0 Å². The summed E-state index contributed by atoms with van der Waals surface area (Å²) in [5.41, 5.74) is 0.830. The molecule has 0 unspecified atom stereocenters. The van der Waals surface area contributed by atoms with Gasteiger partial charge in [0.15, 0.2) is 5.13 Å². The maximum atomic E-state index is 13.4. The van der Waals surface area contributed by atoms with E-state index in [1.807, 2.05) is 13.8 Å². The molecule has 0 aliphatic heterocycles. The van der Waals surface area contributed by atoms with E-state index in [1.165, 1.54) is 23.5 Å². The summed E-state index contributed by atoms with van der Waals surface area (Å²) in [6.45, 7) is 4.00. The van der Waals surface area contributed by atoms with Gasteiger partial charge in [-0.25, -0.2) is 13.8 Å². The summed E-state index contributed by atoms with van der Waals surface area (Å²) in [6.07, 6.45) is 0. The highest BCUT2D eigenvalue weighted by Crippen LogP contribution is 2.26. The molecule has 0 bridgehead atoms. The van der Waals surface area contributed by atoms with Gasteiger partial charge >= 0.3 is 0 Å². The topological polar surface area (TPSA) is 24.9 Å². The highest BCUT2D eigenvalue weighted by atomic mass is 32.1.